The van der Waals surface area contributed by atoms with Gasteiger partial charge in [0.25, 0.3) is 0 Å². The Hall–Kier alpha value is -0.870. The summed E-state index contributed by atoms with van der Waals surface area (Å²) in [5, 5.41) is 20.5. The minimum Gasteiger partial charge on any atom is -0.481 e. The van der Waals surface area contributed by atoms with Crippen molar-refractivity contribution < 1.29 is 19.7 Å². The summed E-state index contributed by atoms with van der Waals surface area (Å²) in [6.07, 6.45) is 96.4. The molecule has 84 heavy (non-hydrogen) atoms. The number of aliphatic hydroxyl groups is 1. The van der Waals surface area contributed by atoms with Gasteiger partial charge in [0, 0.05) is 0 Å². The molecule has 0 aromatic rings. The molecule has 0 bridgehead atoms. The predicted octanol–water partition coefficient (Wildman–Crippen LogP) is 27.8. The van der Waals surface area contributed by atoms with Crippen LogP contribution in [0.4, 0.5) is 0 Å². The number of allylic oxidation sites excluding steroid dienone is 2. The maximum Gasteiger partial charge on any atom is 0.309 e. The molecule has 0 radical (unpaired) electrons. The SMILES string of the molecule is CCCCCCCCCCCCCCCCCCCCCC[C@@H](C(=O)O)[C@H](O)CCCCCCCCCCCCCCCCCCC[C@H](C)C=CCCCCCCCCCCCC[C@@H]1O[C@H]1[C@H](C)CCCCCCCCCCCCCCCC. The minimum absolute atomic E-state index is 0.581. The summed E-state index contributed by atoms with van der Waals surface area (Å²) in [6, 6.07) is 0. The van der Waals surface area contributed by atoms with Crippen molar-refractivity contribution in [2.24, 2.45) is 17.8 Å². The summed E-state index contributed by atoms with van der Waals surface area (Å²) in [6.45, 7) is 9.48. The largest absolute Gasteiger partial charge is 0.481 e. The van der Waals surface area contributed by atoms with E-state index in [4.69, 9.17) is 4.74 Å². The van der Waals surface area contributed by atoms with Crippen molar-refractivity contribution in [3.8, 4) is 0 Å². The lowest BCUT2D eigenvalue weighted by molar-refractivity contribution is -0.146. The van der Waals surface area contributed by atoms with Gasteiger partial charge in [-0.3, -0.25) is 4.79 Å². The number of carboxylic acid groups (broad SMARTS) is 1. The summed E-state index contributed by atoms with van der Waals surface area (Å²) < 4.78 is 6.14. The fraction of sp³-hybridized carbons (Fsp3) is 0.963. The number of carboxylic acids is 1. The molecule has 0 spiro atoms. The van der Waals surface area contributed by atoms with Gasteiger partial charge in [0.15, 0.2) is 0 Å². The van der Waals surface area contributed by atoms with Crippen LogP contribution in [0.25, 0.3) is 0 Å². The van der Waals surface area contributed by atoms with E-state index in [1.54, 1.807) is 0 Å². The molecular weight excluding hydrogens is 1020 g/mol. The van der Waals surface area contributed by atoms with E-state index < -0.39 is 18.0 Å². The third-order valence-electron chi connectivity index (χ3n) is 20.1. The van der Waals surface area contributed by atoms with E-state index in [9.17, 15) is 15.0 Å². The molecule has 0 amide bonds. The van der Waals surface area contributed by atoms with Crippen LogP contribution in [0, 0.1) is 17.8 Å². The number of hydrogen-bond donors (Lipinski definition) is 2. The van der Waals surface area contributed by atoms with E-state index in [2.05, 4.69) is 39.8 Å². The second-order valence-corrected chi connectivity index (χ2v) is 28.6. The highest BCUT2D eigenvalue weighted by Gasteiger charge is 2.41. The Labute approximate surface area is 529 Å². The Morgan fingerprint density at radius 3 is 0.929 bits per heavy atom. The zero-order valence-corrected chi connectivity index (χ0v) is 58.2. The van der Waals surface area contributed by atoms with Crippen LogP contribution in [0.3, 0.4) is 0 Å². The highest BCUT2D eigenvalue weighted by molar-refractivity contribution is 5.70. The van der Waals surface area contributed by atoms with Gasteiger partial charge in [-0.25, -0.2) is 0 Å². The molecule has 1 fully saturated rings. The fourth-order valence-electron chi connectivity index (χ4n) is 13.9. The van der Waals surface area contributed by atoms with Crippen LogP contribution < -0.4 is 0 Å². The van der Waals surface area contributed by atoms with Crippen molar-refractivity contribution in [2.45, 2.75) is 476 Å². The van der Waals surface area contributed by atoms with E-state index in [1.165, 1.54) is 392 Å². The Bertz CT molecular complexity index is 1300. The predicted molar refractivity (Wildman–Crippen MR) is 374 cm³/mol. The molecule has 1 aliphatic rings. The number of ether oxygens (including phenoxy) is 1. The first-order valence-corrected chi connectivity index (χ1v) is 39.6. The van der Waals surface area contributed by atoms with Crippen LogP contribution in [0.2, 0.25) is 0 Å². The molecule has 6 atom stereocenters. The third-order valence-corrected chi connectivity index (χ3v) is 20.1. The van der Waals surface area contributed by atoms with E-state index >= 15 is 0 Å². The minimum atomic E-state index is -0.801. The molecule has 0 unspecified atom stereocenters. The summed E-state index contributed by atoms with van der Waals surface area (Å²) >= 11 is 0. The average Bonchev–Trinajstić information content (AvgIpc) is 4.49. The zero-order chi connectivity index (χ0) is 60.5. The van der Waals surface area contributed by atoms with E-state index in [-0.39, 0.29) is 0 Å². The van der Waals surface area contributed by atoms with Crippen molar-refractivity contribution in [2.75, 3.05) is 0 Å². The summed E-state index contributed by atoms with van der Waals surface area (Å²) in [5.41, 5.74) is 0. The van der Waals surface area contributed by atoms with Crippen molar-refractivity contribution >= 4 is 5.97 Å². The Kier molecular flexibility index (Phi) is 64.3. The average molecular weight is 1180 g/mol. The monoisotopic (exact) mass is 1180 g/mol. The molecule has 500 valence electrons. The maximum atomic E-state index is 11.9. The number of epoxide rings is 1. The third kappa shape index (κ3) is 58.8. The van der Waals surface area contributed by atoms with Crippen molar-refractivity contribution in [1.82, 2.24) is 0 Å². The van der Waals surface area contributed by atoms with E-state index in [1.807, 2.05) is 0 Å². The Balaban J connectivity index is 1.76. The highest BCUT2D eigenvalue weighted by Crippen LogP contribution is 2.36. The molecule has 4 heteroatoms. The van der Waals surface area contributed by atoms with Crippen LogP contribution >= 0.6 is 0 Å². The Morgan fingerprint density at radius 2 is 0.607 bits per heavy atom. The lowest BCUT2D eigenvalue weighted by atomic mass is 9.91. The zero-order valence-electron chi connectivity index (χ0n) is 58.2. The lowest BCUT2D eigenvalue weighted by Gasteiger charge is -2.19. The van der Waals surface area contributed by atoms with Gasteiger partial charge in [-0.05, 0) is 56.8 Å². The summed E-state index contributed by atoms with van der Waals surface area (Å²) in [7, 11) is 0. The van der Waals surface area contributed by atoms with E-state index in [0.29, 0.717) is 25.0 Å². The van der Waals surface area contributed by atoms with Gasteiger partial charge in [-0.1, -0.05) is 425 Å². The van der Waals surface area contributed by atoms with E-state index in [0.717, 1.165) is 37.5 Å². The second kappa shape index (κ2) is 66.5. The molecule has 4 nitrogen and oxygen atoms in total. The van der Waals surface area contributed by atoms with Crippen LogP contribution in [0.5, 0.6) is 0 Å². The van der Waals surface area contributed by atoms with Gasteiger partial charge < -0.3 is 14.9 Å². The topological polar surface area (TPSA) is 70.1 Å². The number of unbranched alkanes of at least 4 members (excludes halogenated alkanes) is 58. The van der Waals surface area contributed by atoms with Gasteiger partial charge in [0.05, 0.1) is 24.2 Å². The van der Waals surface area contributed by atoms with Crippen molar-refractivity contribution in [3.05, 3.63) is 12.2 Å². The number of aliphatic hydroxyl groups excluding tert-OH is 1. The molecule has 0 saturated carbocycles. The summed E-state index contributed by atoms with van der Waals surface area (Å²) in [4.78, 5) is 11.9. The number of carbonyl (C=O) groups is 1. The van der Waals surface area contributed by atoms with Crippen LogP contribution in [0.15, 0.2) is 12.2 Å². The molecule has 1 rings (SSSR count). The molecule has 0 aliphatic carbocycles. The van der Waals surface area contributed by atoms with Crippen LogP contribution in [-0.4, -0.2) is 34.5 Å². The lowest BCUT2D eigenvalue weighted by Crippen LogP contribution is -2.28. The van der Waals surface area contributed by atoms with Crippen molar-refractivity contribution in [1.29, 1.82) is 0 Å². The molecular formula is C80H156O4. The van der Waals surface area contributed by atoms with Crippen LogP contribution in [-0.2, 0) is 9.53 Å². The normalized spacial score (nSPS) is 15.8. The second-order valence-electron chi connectivity index (χ2n) is 28.6. The molecule has 1 saturated heterocycles. The molecule has 2 N–H and O–H groups in total. The molecule has 1 aliphatic heterocycles. The van der Waals surface area contributed by atoms with Gasteiger partial charge in [0.1, 0.15) is 0 Å². The molecule has 0 aromatic carbocycles. The standard InChI is InChI=1S/C80H156O4/c1-5-7-9-11-13-15-17-19-21-22-23-24-27-30-34-41-47-53-59-65-71-76(80(82)83)77(81)72-66-60-54-48-42-35-31-28-25-26-29-32-38-44-50-56-62-68-74(3)69-63-57-51-45-39-36-37-43-49-55-61-67-73-78-79(84-78)75(4)70-64-58-52-46-40-33-20-18-16-14-12-10-8-6-2/h63,69,74-79,81H,5-62,64-68,70-73H2,1-4H3,(H,82,83)/t74-,75+,76+,77+,78-,79-/m0/s1. The van der Waals surface area contributed by atoms with Crippen molar-refractivity contribution in [3.63, 3.8) is 0 Å². The van der Waals surface area contributed by atoms with Gasteiger partial charge in [-0.15, -0.1) is 0 Å². The fourth-order valence-corrected chi connectivity index (χ4v) is 13.9. The number of aliphatic carboxylic acids is 1. The van der Waals surface area contributed by atoms with Gasteiger partial charge in [-0.2, -0.15) is 0 Å². The number of hydrogen-bond acceptors (Lipinski definition) is 3. The first-order valence-electron chi connectivity index (χ1n) is 39.6. The van der Waals surface area contributed by atoms with Gasteiger partial charge >= 0.3 is 5.97 Å². The molecule has 0 aromatic heterocycles. The smallest absolute Gasteiger partial charge is 0.309 e. The highest BCUT2D eigenvalue weighted by atomic mass is 16.6. The first kappa shape index (κ1) is 81.1. The molecule has 1 heterocycles. The quantitative estimate of drug-likeness (QED) is 0.0362. The maximum absolute atomic E-state index is 11.9. The van der Waals surface area contributed by atoms with Gasteiger partial charge in [0.2, 0.25) is 0 Å². The first-order chi connectivity index (χ1) is 41.4. The summed E-state index contributed by atoms with van der Waals surface area (Å²) in [5.74, 6) is 0.125. The van der Waals surface area contributed by atoms with Crippen LogP contribution in [0.1, 0.15) is 458 Å². The Morgan fingerprint density at radius 1 is 0.345 bits per heavy atom. The number of rotatable bonds is 73.